The number of Topliss-reactive ketones (excluding diaryl/α,β-unsaturated/α-hetero) is 1. The SMILES string of the molecule is C=CCOc1ccc(/C(O)=C2/C(=O)C(=O)N(CCCN(C)C)C2c2ccc(OC)cc2)cc1. The van der Waals surface area contributed by atoms with Gasteiger partial charge in [0.1, 0.15) is 23.9 Å². The quantitative estimate of drug-likeness (QED) is 0.258. The Hall–Kier alpha value is -3.58. The Labute approximate surface area is 194 Å². The first-order valence-corrected chi connectivity index (χ1v) is 10.8. The second-order valence-electron chi connectivity index (χ2n) is 8.05. The number of hydrogen-bond donors (Lipinski definition) is 1. The molecule has 33 heavy (non-hydrogen) atoms. The lowest BCUT2D eigenvalue weighted by molar-refractivity contribution is -0.139. The number of ether oxygens (including phenoxy) is 2. The van der Waals surface area contributed by atoms with Crippen LogP contribution in [0.2, 0.25) is 0 Å². The molecule has 0 radical (unpaired) electrons. The molecule has 0 saturated carbocycles. The molecule has 0 bridgehead atoms. The van der Waals surface area contributed by atoms with Gasteiger partial charge in [-0.15, -0.1) is 0 Å². The molecular weight excluding hydrogens is 420 g/mol. The predicted molar refractivity (Wildman–Crippen MR) is 127 cm³/mol. The minimum Gasteiger partial charge on any atom is -0.507 e. The topological polar surface area (TPSA) is 79.3 Å². The standard InChI is InChI=1S/C26H30N2O5/c1-5-17-33-21-13-9-19(10-14-21)24(29)22-23(18-7-11-20(32-4)12-8-18)28(26(31)25(22)30)16-6-15-27(2)3/h5,7-14,23,29H,1,6,15-17H2,2-4H3/b24-22-. The van der Waals surface area contributed by atoms with Crippen molar-refractivity contribution >= 4 is 17.4 Å². The minimum atomic E-state index is -0.690. The maximum atomic E-state index is 13.1. The summed E-state index contributed by atoms with van der Waals surface area (Å²) in [7, 11) is 5.49. The Kier molecular flexibility index (Phi) is 7.90. The van der Waals surface area contributed by atoms with Crippen LogP contribution in [0.4, 0.5) is 0 Å². The van der Waals surface area contributed by atoms with Crippen LogP contribution in [-0.2, 0) is 9.59 Å². The third kappa shape index (κ3) is 5.43. The molecule has 7 nitrogen and oxygen atoms in total. The third-order valence-electron chi connectivity index (χ3n) is 5.47. The summed E-state index contributed by atoms with van der Waals surface area (Å²) < 4.78 is 10.7. The molecule has 1 atom stereocenters. The summed E-state index contributed by atoms with van der Waals surface area (Å²) in [6.45, 7) is 5.14. The van der Waals surface area contributed by atoms with Crippen LogP contribution in [0.1, 0.15) is 23.6 Å². The van der Waals surface area contributed by atoms with E-state index in [1.165, 1.54) is 0 Å². The van der Waals surface area contributed by atoms with Crippen LogP contribution < -0.4 is 9.47 Å². The van der Waals surface area contributed by atoms with Crippen LogP contribution in [0, 0.1) is 0 Å². The average Bonchev–Trinajstić information content (AvgIpc) is 3.07. The van der Waals surface area contributed by atoms with Gasteiger partial charge >= 0.3 is 0 Å². The molecular formula is C26H30N2O5. The van der Waals surface area contributed by atoms with Crippen molar-refractivity contribution in [3.8, 4) is 11.5 Å². The van der Waals surface area contributed by atoms with Crippen molar-refractivity contribution in [1.29, 1.82) is 0 Å². The van der Waals surface area contributed by atoms with Crippen molar-refractivity contribution in [2.24, 2.45) is 0 Å². The molecule has 1 aliphatic heterocycles. The molecule has 2 aromatic rings. The molecule has 1 heterocycles. The number of carbonyl (C=O) groups excluding carboxylic acids is 2. The Morgan fingerprint density at radius 2 is 1.73 bits per heavy atom. The second-order valence-corrected chi connectivity index (χ2v) is 8.05. The highest BCUT2D eigenvalue weighted by atomic mass is 16.5. The van der Waals surface area contributed by atoms with Crippen molar-refractivity contribution in [2.75, 3.05) is 40.9 Å². The van der Waals surface area contributed by atoms with Crippen LogP contribution in [0.3, 0.4) is 0 Å². The molecule has 2 aromatic carbocycles. The number of hydrogen-bond acceptors (Lipinski definition) is 6. The van der Waals surface area contributed by atoms with Crippen molar-refractivity contribution in [1.82, 2.24) is 9.80 Å². The van der Waals surface area contributed by atoms with Gasteiger partial charge in [0.15, 0.2) is 0 Å². The molecule has 3 rings (SSSR count). The number of aliphatic hydroxyl groups is 1. The van der Waals surface area contributed by atoms with E-state index in [1.807, 2.05) is 31.1 Å². The molecule has 174 valence electrons. The Balaban J connectivity index is 2.02. The van der Waals surface area contributed by atoms with E-state index in [9.17, 15) is 14.7 Å². The normalized spacial score (nSPS) is 17.5. The summed E-state index contributed by atoms with van der Waals surface area (Å²) >= 11 is 0. The van der Waals surface area contributed by atoms with E-state index in [4.69, 9.17) is 9.47 Å². The molecule has 1 amide bonds. The van der Waals surface area contributed by atoms with E-state index in [2.05, 4.69) is 6.58 Å². The van der Waals surface area contributed by atoms with E-state index >= 15 is 0 Å². The van der Waals surface area contributed by atoms with Gasteiger partial charge in [0.25, 0.3) is 11.7 Å². The van der Waals surface area contributed by atoms with Crippen LogP contribution in [0.5, 0.6) is 11.5 Å². The first-order valence-electron chi connectivity index (χ1n) is 10.8. The van der Waals surface area contributed by atoms with Gasteiger partial charge in [0, 0.05) is 12.1 Å². The van der Waals surface area contributed by atoms with Crippen molar-refractivity contribution in [3.05, 3.63) is 77.9 Å². The summed E-state index contributed by atoms with van der Waals surface area (Å²) in [5.41, 5.74) is 1.24. The van der Waals surface area contributed by atoms with Gasteiger partial charge in [-0.2, -0.15) is 0 Å². The lowest BCUT2D eigenvalue weighted by atomic mass is 9.95. The maximum absolute atomic E-state index is 13.1. The molecule has 1 N–H and O–H groups in total. The molecule has 0 spiro atoms. The largest absolute Gasteiger partial charge is 0.507 e. The molecule has 0 aliphatic carbocycles. The molecule has 1 unspecified atom stereocenters. The zero-order valence-electron chi connectivity index (χ0n) is 19.3. The Morgan fingerprint density at radius 3 is 2.30 bits per heavy atom. The van der Waals surface area contributed by atoms with Crippen LogP contribution in [0.25, 0.3) is 5.76 Å². The zero-order valence-corrected chi connectivity index (χ0v) is 19.3. The lowest BCUT2D eigenvalue weighted by Gasteiger charge is -2.26. The highest BCUT2D eigenvalue weighted by Gasteiger charge is 2.45. The third-order valence-corrected chi connectivity index (χ3v) is 5.47. The van der Waals surface area contributed by atoms with Gasteiger partial charge in [-0.1, -0.05) is 24.8 Å². The van der Waals surface area contributed by atoms with Crippen molar-refractivity contribution in [3.63, 3.8) is 0 Å². The molecule has 0 aromatic heterocycles. The maximum Gasteiger partial charge on any atom is 0.295 e. The highest BCUT2D eigenvalue weighted by Crippen LogP contribution is 2.40. The number of ketones is 1. The first-order chi connectivity index (χ1) is 15.9. The number of carbonyl (C=O) groups is 2. The molecule has 7 heteroatoms. The van der Waals surface area contributed by atoms with Crippen molar-refractivity contribution in [2.45, 2.75) is 12.5 Å². The number of nitrogens with zero attached hydrogens (tertiary/aromatic N) is 2. The molecule has 1 aliphatic rings. The van der Waals surface area contributed by atoms with Gasteiger partial charge in [0.05, 0.1) is 18.7 Å². The van der Waals surface area contributed by atoms with E-state index in [-0.39, 0.29) is 11.3 Å². The predicted octanol–water partition coefficient (Wildman–Crippen LogP) is 3.63. The van der Waals surface area contributed by atoms with E-state index in [1.54, 1.807) is 54.5 Å². The second kappa shape index (κ2) is 10.8. The average molecular weight is 451 g/mol. The first kappa shape index (κ1) is 24.1. The van der Waals surface area contributed by atoms with Crippen molar-refractivity contribution < 1.29 is 24.2 Å². The number of benzene rings is 2. The minimum absolute atomic E-state index is 0.0785. The molecule has 1 fully saturated rings. The lowest BCUT2D eigenvalue weighted by Crippen LogP contribution is -2.32. The summed E-state index contributed by atoms with van der Waals surface area (Å²) in [4.78, 5) is 29.6. The number of methoxy groups -OCH3 is 1. The Morgan fingerprint density at radius 1 is 1.09 bits per heavy atom. The van der Waals surface area contributed by atoms with E-state index < -0.39 is 17.7 Å². The Bertz CT molecular complexity index is 1030. The summed E-state index contributed by atoms with van der Waals surface area (Å²) in [6.07, 6.45) is 2.34. The van der Waals surface area contributed by atoms with Crippen LogP contribution >= 0.6 is 0 Å². The highest BCUT2D eigenvalue weighted by molar-refractivity contribution is 6.46. The number of aliphatic hydroxyl groups excluding tert-OH is 1. The van der Waals surface area contributed by atoms with Gasteiger partial charge < -0.3 is 24.4 Å². The van der Waals surface area contributed by atoms with Crippen LogP contribution in [0.15, 0.2) is 66.8 Å². The summed E-state index contributed by atoms with van der Waals surface area (Å²) in [6, 6.07) is 13.2. The summed E-state index contributed by atoms with van der Waals surface area (Å²) in [5.74, 6) is -0.229. The van der Waals surface area contributed by atoms with Gasteiger partial charge in [-0.3, -0.25) is 9.59 Å². The van der Waals surface area contributed by atoms with E-state index in [0.29, 0.717) is 36.6 Å². The molecule has 1 saturated heterocycles. The van der Waals surface area contributed by atoms with Gasteiger partial charge in [-0.05, 0) is 69.0 Å². The monoisotopic (exact) mass is 450 g/mol. The smallest absolute Gasteiger partial charge is 0.295 e. The van der Waals surface area contributed by atoms with Crippen LogP contribution in [-0.4, -0.2) is 67.5 Å². The number of amides is 1. The van der Waals surface area contributed by atoms with Gasteiger partial charge in [-0.25, -0.2) is 0 Å². The van der Waals surface area contributed by atoms with E-state index in [0.717, 1.165) is 12.1 Å². The summed E-state index contributed by atoms with van der Waals surface area (Å²) in [5, 5.41) is 11.1. The fourth-order valence-electron chi connectivity index (χ4n) is 3.82. The fourth-order valence-corrected chi connectivity index (χ4v) is 3.82. The number of rotatable bonds is 10. The van der Waals surface area contributed by atoms with Gasteiger partial charge in [0.2, 0.25) is 0 Å². The fraction of sp³-hybridized carbons (Fsp3) is 0.308. The zero-order chi connectivity index (χ0) is 24.0. The number of likely N-dealkylation sites (tertiary alicyclic amines) is 1.